The zero-order chi connectivity index (χ0) is 14.5. The van der Waals surface area contributed by atoms with E-state index in [9.17, 15) is 9.59 Å². The number of carboxylic acid groups (broad SMARTS) is 1. The Kier molecular flexibility index (Phi) is 4.94. The number of rotatable bonds is 4. The molecule has 1 fully saturated rings. The van der Waals surface area contributed by atoms with E-state index in [-0.39, 0.29) is 18.3 Å². The number of thiazole rings is 1. The van der Waals surface area contributed by atoms with Crippen LogP contribution in [0.1, 0.15) is 47.6 Å². The van der Waals surface area contributed by atoms with Crippen LogP contribution >= 0.6 is 11.3 Å². The molecule has 1 heterocycles. The van der Waals surface area contributed by atoms with Crippen LogP contribution in [0.5, 0.6) is 0 Å². The minimum Gasteiger partial charge on any atom is -0.476 e. The van der Waals surface area contributed by atoms with E-state index in [2.05, 4.69) is 10.3 Å². The van der Waals surface area contributed by atoms with Gasteiger partial charge >= 0.3 is 12.0 Å². The van der Waals surface area contributed by atoms with Gasteiger partial charge in [-0.15, -0.1) is 11.3 Å². The molecule has 2 rings (SSSR count). The Balaban J connectivity index is 1.82. The Morgan fingerprint density at radius 2 is 2.15 bits per heavy atom. The van der Waals surface area contributed by atoms with Crippen LogP contribution in [0.4, 0.5) is 4.79 Å². The number of aromatic carboxylic acids is 1. The molecule has 0 spiro atoms. The second-order valence-electron chi connectivity index (χ2n) is 4.99. The fraction of sp³-hybridized carbons (Fsp3) is 0.615. The number of carbonyl (C=O) groups is 2. The number of carbonyl (C=O) groups excluding carboxylic acids is 1. The van der Waals surface area contributed by atoms with Gasteiger partial charge in [-0.2, -0.15) is 0 Å². The van der Waals surface area contributed by atoms with Crippen molar-refractivity contribution in [3.05, 3.63) is 16.1 Å². The molecular formula is C13H19N3O3S. The fourth-order valence-electron chi connectivity index (χ4n) is 2.40. The first-order valence-corrected chi connectivity index (χ1v) is 7.64. The van der Waals surface area contributed by atoms with Gasteiger partial charge in [-0.25, -0.2) is 14.6 Å². The minimum atomic E-state index is -1.04. The summed E-state index contributed by atoms with van der Waals surface area (Å²) in [7, 11) is 1.82. The zero-order valence-electron chi connectivity index (χ0n) is 11.5. The van der Waals surface area contributed by atoms with Gasteiger partial charge in [0.15, 0.2) is 5.69 Å². The van der Waals surface area contributed by atoms with Gasteiger partial charge in [-0.1, -0.05) is 19.3 Å². The molecule has 0 atom stereocenters. The highest BCUT2D eigenvalue weighted by molar-refractivity contribution is 7.09. The molecule has 0 saturated heterocycles. The average Bonchev–Trinajstić information content (AvgIpc) is 2.94. The van der Waals surface area contributed by atoms with Crippen LogP contribution in [0.3, 0.4) is 0 Å². The van der Waals surface area contributed by atoms with Gasteiger partial charge in [-0.05, 0) is 12.8 Å². The number of nitrogens with zero attached hydrogens (tertiary/aromatic N) is 2. The molecule has 0 radical (unpaired) electrons. The predicted octanol–water partition coefficient (Wildman–Crippen LogP) is 2.32. The van der Waals surface area contributed by atoms with Crippen molar-refractivity contribution in [3.8, 4) is 0 Å². The van der Waals surface area contributed by atoms with Crippen molar-refractivity contribution >= 4 is 23.3 Å². The highest BCUT2D eigenvalue weighted by Gasteiger charge is 2.22. The highest BCUT2D eigenvalue weighted by atomic mass is 32.1. The average molecular weight is 297 g/mol. The maximum atomic E-state index is 12.0. The number of carboxylic acids is 1. The molecule has 1 saturated carbocycles. The molecule has 2 N–H and O–H groups in total. The highest BCUT2D eigenvalue weighted by Crippen LogP contribution is 2.21. The molecule has 1 aromatic heterocycles. The molecular weight excluding hydrogens is 278 g/mol. The summed E-state index contributed by atoms with van der Waals surface area (Å²) in [5.41, 5.74) is 0.0277. The lowest BCUT2D eigenvalue weighted by Gasteiger charge is -2.31. The second kappa shape index (κ2) is 6.69. The molecule has 0 unspecified atom stereocenters. The maximum Gasteiger partial charge on any atom is 0.355 e. The number of aromatic nitrogens is 1. The number of hydrogen-bond donors (Lipinski definition) is 2. The molecule has 1 aliphatic rings. The third-order valence-corrected chi connectivity index (χ3v) is 4.45. The van der Waals surface area contributed by atoms with Gasteiger partial charge in [0.2, 0.25) is 0 Å². The quantitative estimate of drug-likeness (QED) is 0.893. The molecule has 20 heavy (non-hydrogen) atoms. The first kappa shape index (κ1) is 14.8. The fourth-order valence-corrected chi connectivity index (χ4v) is 3.11. The van der Waals surface area contributed by atoms with Crippen LogP contribution in [0.15, 0.2) is 5.38 Å². The van der Waals surface area contributed by atoms with E-state index < -0.39 is 5.97 Å². The summed E-state index contributed by atoms with van der Waals surface area (Å²) in [5, 5.41) is 13.7. The molecule has 1 aliphatic carbocycles. The Labute approximate surface area is 121 Å². The summed E-state index contributed by atoms with van der Waals surface area (Å²) in [6.45, 7) is 0.272. The van der Waals surface area contributed by atoms with Crippen molar-refractivity contribution < 1.29 is 14.7 Å². The van der Waals surface area contributed by atoms with Crippen molar-refractivity contribution in [2.45, 2.75) is 44.7 Å². The van der Waals surface area contributed by atoms with Crippen LogP contribution in [-0.4, -0.2) is 40.1 Å². The third-order valence-electron chi connectivity index (χ3n) is 3.60. The molecule has 2 amide bonds. The molecule has 0 bridgehead atoms. The zero-order valence-corrected chi connectivity index (χ0v) is 12.3. The normalized spacial score (nSPS) is 15.8. The molecule has 0 aliphatic heterocycles. The third kappa shape index (κ3) is 3.69. The number of hydrogen-bond acceptors (Lipinski definition) is 4. The van der Waals surface area contributed by atoms with Gasteiger partial charge < -0.3 is 15.3 Å². The van der Waals surface area contributed by atoms with E-state index in [0.717, 1.165) is 12.8 Å². The lowest BCUT2D eigenvalue weighted by atomic mass is 9.95. The van der Waals surface area contributed by atoms with E-state index in [0.29, 0.717) is 11.0 Å². The topological polar surface area (TPSA) is 82.5 Å². The predicted molar refractivity (Wildman–Crippen MR) is 75.9 cm³/mol. The lowest BCUT2D eigenvalue weighted by Crippen LogP contribution is -2.44. The standard InChI is InChI=1S/C13H19N3O3S/c1-16(9-5-3-2-4-6-9)13(19)14-7-11-15-10(8-20-11)12(17)18/h8-9H,2-7H2,1H3,(H,14,19)(H,17,18). The SMILES string of the molecule is CN(C(=O)NCc1nc(C(=O)O)cs1)C1CCCCC1. The Hall–Kier alpha value is -1.63. The maximum absolute atomic E-state index is 12.0. The minimum absolute atomic E-state index is 0.0277. The Morgan fingerprint density at radius 1 is 1.45 bits per heavy atom. The van der Waals surface area contributed by atoms with Crippen LogP contribution in [0.25, 0.3) is 0 Å². The van der Waals surface area contributed by atoms with Crippen LogP contribution < -0.4 is 5.32 Å². The lowest BCUT2D eigenvalue weighted by molar-refractivity contribution is 0.0691. The van der Waals surface area contributed by atoms with Gasteiger partial charge in [0.25, 0.3) is 0 Å². The number of nitrogens with one attached hydrogen (secondary N) is 1. The summed E-state index contributed by atoms with van der Waals surface area (Å²) in [6.07, 6.45) is 5.73. The summed E-state index contributed by atoms with van der Waals surface area (Å²) in [4.78, 5) is 28.4. The van der Waals surface area contributed by atoms with Crippen LogP contribution in [0, 0.1) is 0 Å². The number of urea groups is 1. The van der Waals surface area contributed by atoms with Crippen LogP contribution in [0.2, 0.25) is 0 Å². The van der Waals surface area contributed by atoms with Crippen molar-refractivity contribution in [1.29, 1.82) is 0 Å². The molecule has 6 nitrogen and oxygen atoms in total. The van der Waals surface area contributed by atoms with Crippen molar-refractivity contribution in [2.75, 3.05) is 7.05 Å². The molecule has 0 aromatic carbocycles. The van der Waals surface area contributed by atoms with E-state index in [4.69, 9.17) is 5.11 Å². The Morgan fingerprint density at radius 3 is 2.75 bits per heavy atom. The second-order valence-corrected chi connectivity index (χ2v) is 5.94. The van der Waals surface area contributed by atoms with Crippen molar-refractivity contribution in [3.63, 3.8) is 0 Å². The molecule has 110 valence electrons. The van der Waals surface area contributed by atoms with Crippen LogP contribution in [-0.2, 0) is 6.54 Å². The summed E-state index contributed by atoms with van der Waals surface area (Å²) < 4.78 is 0. The molecule has 7 heteroatoms. The van der Waals surface area contributed by atoms with Crippen molar-refractivity contribution in [1.82, 2.24) is 15.2 Å². The van der Waals surface area contributed by atoms with Gasteiger partial charge in [0, 0.05) is 18.5 Å². The van der Waals surface area contributed by atoms with E-state index in [1.54, 1.807) is 4.90 Å². The van der Waals surface area contributed by atoms with Gasteiger partial charge in [-0.3, -0.25) is 0 Å². The number of amides is 2. The summed E-state index contributed by atoms with van der Waals surface area (Å²) >= 11 is 1.24. The van der Waals surface area contributed by atoms with E-state index in [1.165, 1.54) is 36.0 Å². The summed E-state index contributed by atoms with van der Waals surface area (Å²) in [6, 6.07) is 0.193. The molecule has 1 aromatic rings. The monoisotopic (exact) mass is 297 g/mol. The first-order chi connectivity index (χ1) is 9.58. The van der Waals surface area contributed by atoms with E-state index in [1.807, 2.05) is 7.05 Å². The van der Waals surface area contributed by atoms with Gasteiger partial charge in [0.1, 0.15) is 5.01 Å². The van der Waals surface area contributed by atoms with E-state index >= 15 is 0 Å². The first-order valence-electron chi connectivity index (χ1n) is 6.76. The Bertz CT molecular complexity index is 483. The van der Waals surface area contributed by atoms with Gasteiger partial charge in [0.05, 0.1) is 6.54 Å². The van der Waals surface area contributed by atoms with Crippen molar-refractivity contribution in [2.24, 2.45) is 0 Å². The summed E-state index contributed by atoms with van der Waals surface area (Å²) in [5.74, 6) is -1.04. The largest absolute Gasteiger partial charge is 0.476 e. The smallest absolute Gasteiger partial charge is 0.355 e.